The first-order chi connectivity index (χ1) is 7.98. The van der Waals surface area contributed by atoms with Crippen LogP contribution in [0.2, 0.25) is 0 Å². The summed E-state index contributed by atoms with van der Waals surface area (Å²) < 4.78 is 50.5. The van der Waals surface area contributed by atoms with E-state index in [0.717, 1.165) is 18.6 Å². The van der Waals surface area contributed by atoms with Gasteiger partial charge >= 0.3 is 6.18 Å². The smallest absolute Gasteiger partial charge is 0.370 e. The summed E-state index contributed by atoms with van der Waals surface area (Å²) in [7, 11) is 0. The van der Waals surface area contributed by atoms with E-state index in [4.69, 9.17) is 0 Å². The van der Waals surface area contributed by atoms with Crippen molar-refractivity contribution >= 4 is 5.84 Å². The molecule has 1 aromatic rings. The Morgan fingerprint density at radius 3 is 2.53 bits per heavy atom. The largest absolute Gasteiger partial charge is 0.416 e. The number of nitrogens with zero attached hydrogens (tertiary/aromatic N) is 1. The maximum absolute atomic E-state index is 13.5. The number of hydrogen-bond donors (Lipinski definition) is 1. The van der Waals surface area contributed by atoms with E-state index in [1.54, 1.807) is 0 Å². The molecule has 17 heavy (non-hydrogen) atoms. The molecule has 2 nitrogen and oxygen atoms in total. The topological polar surface area (TPSA) is 24.4 Å². The van der Waals surface area contributed by atoms with E-state index >= 15 is 0 Å². The number of benzene rings is 1. The van der Waals surface area contributed by atoms with Crippen LogP contribution in [0.1, 0.15) is 17.5 Å². The first-order valence-corrected chi connectivity index (χ1v) is 5.14. The van der Waals surface area contributed by atoms with Gasteiger partial charge in [-0.25, -0.2) is 4.39 Å². The van der Waals surface area contributed by atoms with Gasteiger partial charge in [-0.2, -0.15) is 13.2 Å². The second kappa shape index (κ2) is 4.35. The van der Waals surface area contributed by atoms with Crippen LogP contribution in [0.25, 0.3) is 0 Å². The van der Waals surface area contributed by atoms with Crippen molar-refractivity contribution in [1.29, 1.82) is 0 Å². The summed E-state index contributed by atoms with van der Waals surface area (Å²) in [5, 5.41) is 2.86. The van der Waals surface area contributed by atoms with Gasteiger partial charge in [0.2, 0.25) is 0 Å². The molecule has 0 saturated heterocycles. The highest BCUT2D eigenvalue weighted by atomic mass is 19.4. The number of rotatable bonds is 1. The normalized spacial score (nSPS) is 16.4. The van der Waals surface area contributed by atoms with Crippen molar-refractivity contribution < 1.29 is 17.6 Å². The van der Waals surface area contributed by atoms with Crippen molar-refractivity contribution in [2.75, 3.05) is 13.1 Å². The zero-order valence-corrected chi connectivity index (χ0v) is 8.81. The summed E-state index contributed by atoms with van der Waals surface area (Å²) in [6.45, 7) is 1.21. The van der Waals surface area contributed by atoms with Crippen LogP contribution in [-0.4, -0.2) is 18.9 Å². The summed E-state index contributed by atoms with van der Waals surface area (Å²) in [6.07, 6.45) is -3.69. The number of halogens is 4. The molecule has 0 aromatic heterocycles. The molecule has 2 rings (SSSR count). The van der Waals surface area contributed by atoms with Crippen molar-refractivity contribution in [1.82, 2.24) is 5.32 Å². The van der Waals surface area contributed by atoms with E-state index in [1.807, 2.05) is 0 Å². The van der Waals surface area contributed by atoms with Gasteiger partial charge in [0.25, 0.3) is 0 Å². The molecule has 92 valence electrons. The minimum absolute atomic E-state index is 0.0812. The van der Waals surface area contributed by atoms with Gasteiger partial charge in [-0.1, -0.05) is 0 Å². The van der Waals surface area contributed by atoms with Crippen LogP contribution in [0.3, 0.4) is 0 Å². The molecule has 0 atom stereocenters. The lowest BCUT2D eigenvalue weighted by atomic mass is 10.1. The molecular weight excluding hydrogens is 236 g/mol. The lowest BCUT2D eigenvalue weighted by Crippen LogP contribution is -2.31. The Bertz CT molecular complexity index is 451. The predicted octanol–water partition coefficient (Wildman–Crippen LogP) is 2.58. The van der Waals surface area contributed by atoms with Gasteiger partial charge in [-0.05, 0) is 24.6 Å². The highest BCUT2D eigenvalue weighted by Gasteiger charge is 2.31. The molecule has 1 heterocycles. The highest BCUT2D eigenvalue weighted by Crippen LogP contribution is 2.30. The van der Waals surface area contributed by atoms with Crippen LogP contribution in [0.5, 0.6) is 0 Å². The molecule has 1 aliphatic rings. The Morgan fingerprint density at radius 2 is 2.00 bits per heavy atom. The third-order valence-electron chi connectivity index (χ3n) is 2.45. The quantitative estimate of drug-likeness (QED) is 0.757. The monoisotopic (exact) mass is 246 g/mol. The second-order valence-electron chi connectivity index (χ2n) is 3.70. The standard InChI is InChI=1S/C11H10F4N2/c12-9-6-7(11(13,14)15)2-3-8(9)10-16-4-1-5-17-10/h2-3,6H,1,4-5H2,(H,16,17). The Morgan fingerprint density at radius 1 is 1.24 bits per heavy atom. The summed E-state index contributed by atoms with van der Waals surface area (Å²) in [6, 6.07) is 2.46. The van der Waals surface area contributed by atoms with Crippen LogP contribution < -0.4 is 5.32 Å². The average molecular weight is 246 g/mol. The van der Waals surface area contributed by atoms with Crippen LogP contribution in [0.15, 0.2) is 23.2 Å². The first-order valence-electron chi connectivity index (χ1n) is 5.14. The molecule has 1 aliphatic heterocycles. The molecular formula is C11H10F4N2. The van der Waals surface area contributed by atoms with Crippen LogP contribution >= 0.6 is 0 Å². The van der Waals surface area contributed by atoms with Crippen molar-refractivity contribution in [2.24, 2.45) is 4.99 Å². The SMILES string of the molecule is Fc1cc(C(F)(F)F)ccc1C1=NCCCN1. The molecule has 0 amide bonds. The molecule has 6 heteroatoms. The molecule has 0 aliphatic carbocycles. The molecule has 1 aromatic carbocycles. The summed E-state index contributed by atoms with van der Waals surface area (Å²) in [5.74, 6) is -0.588. The zero-order valence-electron chi connectivity index (χ0n) is 8.81. The van der Waals surface area contributed by atoms with E-state index in [2.05, 4.69) is 10.3 Å². The van der Waals surface area contributed by atoms with Gasteiger partial charge in [0.15, 0.2) is 0 Å². The van der Waals surface area contributed by atoms with Gasteiger partial charge in [0.05, 0.1) is 11.1 Å². The molecule has 0 fully saturated rings. The number of aliphatic imine (C=N–C) groups is 1. The Balaban J connectivity index is 2.35. The van der Waals surface area contributed by atoms with Gasteiger partial charge in [0.1, 0.15) is 11.7 Å². The summed E-state index contributed by atoms with van der Waals surface area (Å²) in [5.41, 5.74) is -0.909. The average Bonchev–Trinajstić information content (AvgIpc) is 2.29. The second-order valence-corrected chi connectivity index (χ2v) is 3.70. The number of alkyl halides is 3. The van der Waals surface area contributed by atoms with Crippen molar-refractivity contribution in [2.45, 2.75) is 12.6 Å². The molecule has 0 saturated carbocycles. The lowest BCUT2D eigenvalue weighted by Gasteiger charge is -2.16. The van der Waals surface area contributed by atoms with Crippen LogP contribution in [0, 0.1) is 5.82 Å². The first kappa shape index (κ1) is 11.9. The summed E-state index contributed by atoms with van der Waals surface area (Å²) >= 11 is 0. The number of amidine groups is 1. The highest BCUT2D eigenvalue weighted by molar-refractivity contribution is 5.99. The van der Waals surface area contributed by atoms with E-state index < -0.39 is 17.6 Å². The Hall–Kier alpha value is -1.59. The fourth-order valence-corrected chi connectivity index (χ4v) is 1.60. The Labute approximate surface area is 95.4 Å². The maximum atomic E-state index is 13.5. The van der Waals surface area contributed by atoms with Crippen molar-refractivity contribution in [3.05, 3.63) is 35.1 Å². The van der Waals surface area contributed by atoms with Gasteiger partial charge in [-0.15, -0.1) is 0 Å². The van der Waals surface area contributed by atoms with Gasteiger partial charge in [-0.3, -0.25) is 4.99 Å². The third kappa shape index (κ3) is 2.57. The molecule has 0 spiro atoms. The summed E-state index contributed by atoms with van der Waals surface area (Å²) in [4.78, 5) is 4.04. The van der Waals surface area contributed by atoms with E-state index in [1.165, 1.54) is 0 Å². The molecule has 0 bridgehead atoms. The Kier molecular flexibility index (Phi) is 3.04. The maximum Gasteiger partial charge on any atom is 0.416 e. The van der Waals surface area contributed by atoms with Gasteiger partial charge < -0.3 is 5.32 Å². The van der Waals surface area contributed by atoms with Crippen LogP contribution in [0.4, 0.5) is 17.6 Å². The van der Waals surface area contributed by atoms with Crippen LogP contribution in [-0.2, 0) is 6.18 Å². The number of nitrogens with one attached hydrogen (secondary N) is 1. The fraction of sp³-hybridized carbons (Fsp3) is 0.364. The molecule has 1 N–H and O–H groups in total. The molecule has 0 radical (unpaired) electrons. The lowest BCUT2D eigenvalue weighted by molar-refractivity contribution is -0.137. The minimum Gasteiger partial charge on any atom is -0.370 e. The molecule has 0 unspecified atom stereocenters. The van der Waals surface area contributed by atoms with E-state index in [-0.39, 0.29) is 5.56 Å². The predicted molar refractivity (Wildman–Crippen MR) is 55.4 cm³/mol. The zero-order chi connectivity index (χ0) is 12.5. The van der Waals surface area contributed by atoms with E-state index in [9.17, 15) is 17.6 Å². The third-order valence-corrected chi connectivity index (χ3v) is 2.45. The van der Waals surface area contributed by atoms with E-state index in [0.29, 0.717) is 25.0 Å². The number of hydrogen-bond acceptors (Lipinski definition) is 2. The van der Waals surface area contributed by atoms with Crippen molar-refractivity contribution in [3.8, 4) is 0 Å². The van der Waals surface area contributed by atoms with Gasteiger partial charge in [0, 0.05) is 13.1 Å². The minimum atomic E-state index is -4.53. The fourth-order valence-electron chi connectivity index (χ4n) is 1.60. The van der Waals surface area contributed by atoms with Crippen molar-refractivity contribution in [3.63, 3.8) is 0 Å².